The first-order chi connectivity index (χ1) is 10.1. The molecule has 0 atom stereocenters. The van der Waals surface area contributed by atoms with E-state index in [0.29, 0.717) is 25.9 Å². The number of benzene rings is 1. The van der Waals surface area contributed by atoms with Crippen molar-refractivity contribution in [2.24, 2.45) is 0 Å². The SMILES string of the molecule is O=C(O)C1(c2ccccc2)CCN(c2nc(Br)cs2)CC1. The van der Waals surface area contributed by atoms with Crippen LogP contribution in [0, 0.1) is 0 Å². The fourth-order valence-electron chi connectivity index (χ4n) is 2.85. The van der Waals surface area contributed by atoms with Crippen LogP contribution in [0.25, 0.3) is 0 Å². The minimum Gasteiger partial charge on any atom is -0.481 e. The molecule has 3 rings (SSSR count). The molecule has 21 heavy (non-hydrogen) atoms. The van der Waals surface area contributed by atoms with Gasteiger partial charge in [-0.25, -0.2) is 4.98 Å². The maximum Gasteiger partial charge on any atom is 0.314 e. The zero-order valence-corrected chi connectivity index (χ0v) is 13.7. The number of anilines is 1. The Labute approximate surface area is 135 Å². The smallest absolute Gasteiger partial charge is 0.314 e. The van der Waals surface area contributed by atoms with Crippen molar-refractivity contribution in [3.8, 4) is 0 Å². The van der Waals surface area contributed by atoms with Gasteiger partial charge in [-0.3, -0.25) is 4.79 Å². The van der Waals surface area contributed by atoms with Gasteiger partial charge in [0.2, 0.25) is 0 Å². The van der Waals surface area contributed by atoms with Crippen molar-refractivity contribution in [3.05, 3.63) is 45.9 Å². The standard InChI is InChI=1S/C15H15BrN2O2S/c16-12-10-21-14(17-12)18-8-6-15(7-9-18,13(19)20)11-4-2-1-3-5-11/h1-5,10H,6-9H2,(H,19,20). The van der Waals surface area contributed by atoms with Crippen LogP contribution in [-0.2, 0) is 10.2 Å². The van der Waals surface area contributed by atoms with Gasteiger partial charge in [-0.1, -0.05) is 30.3 Å². The van der Waals surface area contributed by atoms with E-state index in [2.05, 4.69) is 25.8 Å². The molecule has 0 aliphatic carbocycles. The van der Waals surface area contributed by atoms with Crippen molar-refractivity contribution < 1.29 is 9.90 Å². The van der Waals surface area contributed by atoms with E-state index in [0.717, 1.165) is 15.3 Å². The number of piperidine rings is 1. The molecular weight excluding hydrogens is 352 g/mol. The van der Waals surface area contributed by atoms with Crippen LogP contribution in [0.5, 0.6) is 0 Å². The van der Waals surface area contributed by atoms with Crippen LogP contribution < -0.4 is 4.90 Å². The van der Waals surface area contributed by atoms with Crippen molar-refractivity contribution in [1.82, 2.24) is 4.98 Å². The topological polar surface area (TPSA) is 53.4 Å². The van der Waals surface area contributed by atoms with Gasteiger partial charge in [0.05, 0.1) is 5.41 Å². The highest BCUT2D eigenvalue weighted by Gasteiger charge is 2.43. The van der Waals surface area contributed by atoms with Crippen molar-refractivity contribution in [2.45, 2.75) is 18.3 Å². The first-order valence-electron chi connectivity index (χ1n) is 6.77. The van der Waals surface area contributed by atoms with Gasteiger partial charge in [-0.15, -0.1) is 11.3 Å². The molecule has 110 valence electrons. The van der Waals surface area contributed by atoms with Crippen LogP contribution in [0.3, 0.4) is 0 Å². The third-order valence-corrected chi connectivity index (χ3v) is 5.70. The molecule has 6 heteroatoms. The molecule has 0 unspecified atom stereocenters. The molecule has 0 bridgehead atoms. The summed E-state index contributed by atoms with van der Waals surface area (Å²) in [6.45, 7) is 1.42. The number of halogens is 1. The molecule has 1 N–H and O–H groups in total. The molecular formula is C15H15BrN2O2S. The monoisotopic (exact) mass is 366 g/mol. The third-order valence-electron chi connectivity index (χ3n) is 4.09. The maximum atomic E-state index is 11.9. The lowest BCUT2D eigenvalue weighted by molar-refractivity contribution is -0.144. The summed E-state index contributed by atoms with van der Waals surface area (Å²) in [5.74, 6) is -0.728. The van der Waals surface area contributed by atoms with Crippen molar-refractivity contribution in [3.63, 3.8) is 0 Å². The molecule has 1 aromatic heterocycles. The Morgan fingerprint density at radius 1 is 1.29 bits per heavy atom. The molecule has 1 fully saturated rings. The highest BCUT2D eigenvalue weighted by Crippen LogP contribution is 2.38. The van der Waals surface area contributed by atoms with E-state index in [1.165, 1.54) is 0 Å². The fraction of sp³-hybridized carbons (Fsp3) is 0.333. The van der Waals surface area contributed by atoms with E-state index >= 15 is 0 Å². The Morgan fingerprint density at radius 2 is 1.95 bits per heavy atom. The average Bonchev–Trinajstić information content (AvgIpc) is 2.94. The zero-order chi connectivity index (χ0) is 14.9. The van der Waals surface area contributed by atoms with Gasteiger partial charge in [-0.05, 0) is 34.3 Å². The van der Waals surface area contributed by atoms with Crippen molar-refractivity contribution in [2.75, 3.05) is 18.0 Å². The van der Waals surface area contributed by atoms with Gasteiger partial charge >= 0.3 is 5.97 Å². The Balaban J connectivity index is 1.82. The lowest BCUT2D eigenvalue weighted by Crippen LogP contribution is -2.47. The summed E-state index contributed by atoms with van der Waals surface area (Å²) in [5.41, 5.74) is 0.129. The van der Waals surface area contributed by atoms with Crippen LogP contribution >= 0.6 is 27.3 Å². The molecule has 2 aromatic rings. The third kappa shape index (κ3) is 2.70. The first kappa shape index (κ1) is 14.5. The Hall–Kier alpha value is -1.40. The Bertz CT molecular complexity index is 636. The molecule has 1 aliphatic rings. The summed E-state index contributed by atoms with van der Waals surface area (Å²) in [6.07, 6.45) is 1.20. The number of aromatic nitrogens is 1. The molecule has 1 aromatic carbocycles. The van der Waals surface area contributed by atoms with E-state index in [1.54, 1.807) is 11.3 Å². The fourth-order valence-corrected chi connectivity index (χ4v) is 4.16. The summed E-state index contributed by atoms with van der Waals surface area (Å²) in [7, 11) is 0. The average molecular weight is 367 g/mol. The minimum absolute atomic E-state index is 0.601. The zero-order valence-electron chi connectivity index (χ0n) is 11.3. The van der Waals surface area contributed by atoms with E-state index in [9.17, 15) is 9.90 Å². The molecule has 0 saturated carbocycles. The second-order valence-corrected chi connectivity index (χ2v) is 6.84. The summed E-state index contributed by atoms with van der Waals surface area (Å²) < 4.78 is 0.834. The highest BCUT2D eigenvalue weighted by atomic mass is 79.9. The lowest BCUT2D eigenvalue weighted by Gasteiger charge is -2.39. The van der Waals surface area contributed by atoms with Gasteiger partial charge < -0.3 is 10.0 Å². The molecule has 0 spiro atoms. The summed E-state index contributed by atoms with van der Waals surface area (Å²) in [4.78, 5) is 18.5. The maximum absolute atomic E-state index is 11.9. The van der Waals surface area contributed by atoms with Crippen molar-refractivity contribution in [1.29, 1.82) is 0 Å². The van der Waals surface area contributed by atoms with Gasteiger partial charge in [0, 0.05) is 18.5 Å². The highest BCUT2D eigenvalue weighted by molar-refractivity contribution is 9.10. The number of carboxylic acids is 1. The molecule has 1 saturated heterocycles. The Kier molecular flexibility index (Phi) is 3.99. The van der Waals surface area contributed by atoms with E-state index < -0.39 is 11.4 Å². The summed E-state index contributed by atoms with van der Waals surface area (Å²) in [5, 5.41) is 12.7. The molecule has 2 heterocycles. The minimum atomic E-state index is -0.772. The first-order valence-corrected chi connectivity index (χ1v) is 8.44. The van der Waals surface area contributed by atoms with Crippen LogP contribution in [-0.4, -0.2) is 29.1 Å². The second-order valence-electron chi connectivity index (χ2n) is 5.19. The van der Waals surface area contributed by atoms with Crippen molar-refractivity contribution >= 4 is 38.4 Å². The van der Waals surface area contributed by atoms with Crippen LogP contribution in [0.2, 0.25) is 0 Å². The van der Waals surface area contributed by atoms with E-state index in [-0.39, 0.29) is 0 Å². The molecule has 4 nitrogen and oxygen atoms in total. The van der Waals surface area contributed by atoms with Gasteiger partial charge in [0.15, 0.2) is 5.13 Å². The van der Waals surface area contributed by atoms with E-state index in [4.69, 9.17) is 0 Å². The van der Waals surface area contributed by atoms with Crippen LogP contribution in [0.15, 0.2) is 40.3 Å². The molecule has 1 aliphatic heterocycles. The number of hydrogen-bond donors (Lipinski definition) is 1. The van der Waals surface area contributed by atoms with E-state index in [1.807, 2.05) is 35.7 Å². The largest absolute Gasteiger partial charge is 0.481 e. The van der Waals surface area contributed by atoms with Crippen LogP contribution in [0.4, 0.5) is 5.13 Å². The van der Waals surface area contributed by atoms with Crippen LogP contribution in [0.1, 0.15) is 18.4 Å². The van der Waals surface area contributed by atoms with Gasteiger partial charge in [0.1, 0.15) is 4.60 Å². The normalized spacial score (nSPS) is 17.7. The number of carboxylic acid groups (broad SMARTS) is 1. The number of carbonyl (C=O) groups is 1. The van der Waals surface area contributed by atoms with Gasteiger partial charge in [0.25, 0.3) is 0 Å². The summed E-state index contributed by atoms with van der Waals surface area (Å²) >= 11 is 4.94. The van der Waals surface area contributed by atoms with Gasteiger partial charge in [-0.2, -0.15) is 0 Å². The number of hydrogen-bond acceptors (Lipinski definition) is 4. The molecule has 0 radical (unpaired) electrons. The number of nitrogens with zero attached hydrogens (tertiary/aromatic N) is 2. The second kappa shape index (κ2) is 5.77. The predicted octanol–water partition coefficient (Wildman–Crippen LogP) is 3.53. The predicted molar refractivity (Wildman–Crippen MR) is 87.0 cm³/mol. The Morgan fingerprint density at radius 3 is 2.48 bits per heavy atom. The lowest BCUT2D eigenvalue weighted by atomic mass is 9.73. The summed E-state index contributed by atoms with van der Waals surface area (Å²) in [6, 6.07) is 9.57. The number of thiazole rings is 1. The number of rotatable bonds is 3. The number of aliphatic carboxylic acids is 1. The molecule has 0 amide bonds. The quantitative estimate of drug-likeness (QED) is 0.902.